The van der Waals surface area contributed by atoms with Crippen molar-refractivity contribution in [2.24, 2.45) is 5.92 Å². The highest BCUT2D eigenvalue weighted by Crippen LogP contribution is 2.35. The van der Waals surface area contributed by atoms with Gasteiger partial charge in [0, 0.05) is 55.3 Å². The molecule has 3 aromatic rings. The van der Waals surface area contributed by atoms with E-state index in [9.17, 15) is 10.1 Å². The minimum absolute atomic E-state index is 0.136. The molecule has 41 heavy (non-hydrogen) atoms. The van der Waals surface area contributed by atoms with Crippen molar-refractivity contribution in [2.45, 2.75) is 31.8 Å². The lowest BCUT2D eigenvalue weighted by Crippen LogP contribution is -2.55. The lowest BCUT2D eigenvalue weighted by molar-refractivity contribution is -0.128. The van der Waals surface area contributed by atoms with Crippen LogP contribution in [0.4, 0.5) is 11.5 Å². The Kier molecular flexibility index (Phi) is 7.75. The molecule has 0 aliphatic carbocycles. The summed E-state index contributed by atoms with van der Waals surface area (Å²) < 4.78 is 6.27. The van der Waals surface area contributed by atoms with Crippen LogP contribution in [0.3, 0.4) is 0 Å². The van der Waals surface area contributed by atoms with Gasteiger partial charge in [0.25, 0.3) is 0 Å². The number of nitrogens with zero attached hydrogens (tertiary/aromatic N) is 7. The smallest absolute Gasteiger partial charge is 0.318 e. The molecule has 2 atom stereocenters. The number of likely N-dealkylation sites (tertiary alicyclic amines) is 1. The van der Waals surface area contributed by atoms with Gasteiger partial charge in [-0.25, -0.2) is 0 Å². The highest BCUT2D eigenvalue weighted by atomic mass is 16.5. The number of ether oxygens (including phenoxy) is 1. The number of hydrogen-bond donors (Lipinski definition) is 0. The van der Waals surface area contributed by atoms with Gasteiger partial charge in [-0.1, -0.05) is 30.8 Å². The Morgan fingerprint density at radius 3 is 2.85 bits per heavy atom. The molecule has 1 aromatic heterocycles. The fraction of sp³-hybridized carbons (Fsp3) is 0.438. The highest BCUT2D eigenvalue weighted by Gasteiger charge is 2.33. The Labute approximate surface area is 241 Å². The van der Waals surface area contributed by atoms with Crippen LogP contribution in [0, 0.1) is 23.3 Å². The maximum atomic E-state index is 12.5. The van der Waals surface area contributed by atoms with Crippen LogP contribution in [0.25, 0.3) is 10.8 Å². The third-order valence-corrected chi connectivity index (χ3v) is 8.56. The number of carbonyl (C=O) groups is 1. The molecule has 6 rings (SSSR count). The van der Waals surface area contributed by atoms with Gasteiger partial charge in [0.15, 0.2) is 0 Å². The molecule has 9 nitrogen and oxygen atoms in total. The first-order valence-electron chi connectivity index (χ1n) is 14.4. The van der Waals surface area contributed by atoms with Crippen molar-refractivity contribution in [1.29, 1.82) is 5.26 Å². The minimum atomic E-state index is -0.227. The number of amides is 1. The van der Waals surface area contributed by atoms with Gasteiger partial charge in [-0.15, -0.1) is 0 Å². The molecular formula is C32H36N7O2. The van der Waals surface area contributed by atoms with Crippen molar-refractivity contribution in [2.75, 3.05) is 62.7 Å². The number of anilines is 2. The normalized spacial score (nSPS) is 21.0. The summed E-state index contributed by atoms with van der Waals surface area (Å²) in [5.41, 5.74) is 3.24. The number of rotatable bonds is 7. The molecule has 0 N–H and O–H groups in total. The molecule has 3 aliphatic rings. The molecule has 1 radical (unpaired) electrons. The van der Waals surface area contributed by atoms with Crippen LogP contribution in [0.2, 0.25) is 0 Å². The number of benzene rings is 2. The van der Waals surface area contributed by atoms with E-state index in [1.807, 2.05) is 6.07 Å². The second-order valence-electron chi connectivity index (χ2n) is 11.3. The van der Waals surface area contributed by atoms with Gasteiger partial charge in [-0.05, 0) is 56.1 Å². The lowest BCUT2D eigenvalue weighted by atomic mass is 10.0. The Morgan fingerprint density at radius 2 is 2.05 bits per heavy atom. The number of aromatic nitrogens is 2. The number of nitriles is 1. The topological polar surface area (TPSA) is 88.8 Å². The largest absolute Gasteiger partial charge is 0.463 e. The molecule has 3 aliphatic heterocycles. The zero-order chi connectivity index (χ0) is 28.3. The molecule has 9 heteroatoms. The maximum absolute atomic E-state index is 12.5. The van der Waals surface area contributed by atoms with Crippen molar-refractivity contribution in [1.82, 2.24) is 19.8 Å². The Bertz CT molecular complexity index is 1480. The van der Waals surface area contributed by atoms with Gasteiger partial charge in [0.05, 0.1) is 37.4 Å². The third-order valence-electron chi connectivity index (χ3n) is 8.56. The number of hydrogen-bond acceptors (Lipinski definition) is 8. The first-order valence-corrected chi connectivity index (χ1v) is 14.4. The van der Waals surface area contributed by atoms with Gasteiger partial charge in [0.2, 0.25) is 5.91 Å². The number of carbonyl (C=O) groups excluding carboxylic acids is 1. The standard InChI is InChI=1S/C32H36N7O2/c1-3-30(40)39-18-17-38(20-25(39)11-14-33)31-27-13-16-37(29-10-6-8-24-7-4-5-9-26(24)29)21-28(27)34-32(35-31)41-22-23-12-15-36(2)19-23/h3-5,7-10,23,25H,1,11-13,15-22H2,2H3/t23-,25+/m1/s1. The lowest BCUT2D eigenvalue weighted by Gasteiger charge is -2.42. The van der Waals surface area contributed by atoms with E-state index in [1.165, 1.54) is 16.8 Å². The third kappa shape index (κ3) is 5.57. The number of fused-ring (bicyclic) bond motifs is 2. The van der Waals surface area contributed by atoms with Crippen LogP contribution in [0.1, 0.15) is 24.1 Å². The van der Waals surface area contributed by atoms with Gasteiger partial charge >= 0.3 is 6.01 Å². The predicted octanol–water partition coefficient (Wildman–Crippen LogP) is 3.44. The molecule has 1 amide bonds. The van der Waals surface area contributed by atoms with Crippen molar-refractivity contribution in [3.8, 4) is 12.1 Å². The van der Waals surface area contributed by atoms with Gasteiger partial charge in [0.1, 0.15) is 5.82 Å². The van der Waals surface area contributed by atoms with E-state index in [0.29, 0.717) is 44.7 Å². The van der Waals surface area contributed by atoms with E-state index in [0.717, 1.165) is 55.2 Å². The molecule has 0 saturated carbocycles. The van der Waals surface area contributed by atoms with Crippen molar-refractivity contribution in [3.05, 3.63) is 66.4 Å². The Morgan fingerprint density at radius 1 is 1.17 bits per heavy atom. The molecule has 0 spiro atoms. The quantitative estimate of drug-likeness (QED) is 0.414. The first-order chi connectivity index (χ1) is 20.0. The summed E-state index contributed by atoms with van der Waals surface area (Å²) in [4.78, 5) is 31.1. The predicted molar refractivity (Wildman–Crippen MR) is 159 cm³/mol. The second kappa shape index (κ2) is 11.8. The summed E-state index contributed by atoms with van der Waals surface area (Å²) in [6, 6.07) is 18.2. The fourth-order valence-electron chi connectivity index (χ4n) is 6.42. The molecule has 2 saturated heterocycles. The van der Waals surface area contributed by atoms with E-state index in [-0.39, 0.29) is 18.4 Å². The second-order valence-corrected chi connectivity index (χ2v) is 11.3. The summed E-state index contributed by atoms with van der Waals surface area (Å²) in [6.45, 7) is 9.47. The van der Waals surface area contributed by atoms with Crippen LogP contribution < -0.4 is 14.5 Å². The highest BCUT2D eigenvalue weighted by molar-refractivity contribution is 5.94. The molecule has 0 bridgehead atoms. The molecule has 211 valence electrons. The zero-order valence-corrected chi connectivity index (χ0v) is 23.6. The fourth-order valence-corrected chi connectivity index (χ4v) is 6.42. The molecule has 4 heterocycles. The summed E-state index contributed by atoms with van der Waals surface area (Å²) in [5, 5.41) is 11.9. The van der Waals surface area contributed by atoms with Crippen LogP contribution >= 0.6 is 0 Å². The van der Waals surface area contributed by atoms with E-state index in [1.54, 1.807) is 4.90 Å². The minimum Gasteiger partial charge on any atom is -0.463 e. The van der Waals surface area contributed by atoms with Crippen LogP contribution in [-0.4, -0.2) is 84.6 Å². The SMILES string of the molecule is C=CC(=O)N1CCN(c2nc(OC[C@@H]3CCN(C)C3)nc3c2CCN(c2c[c]cc4ccccc24)C3)C[C@@H]1CC#N. The van der Waals surface area contributed by atoms with Gasteiger partial charge < -0.3 is 24.3 Å². The van der Waals surface area contributed by atoms with E-state index >= 15 is 0 Å². The van der Waals surface area contributed by atoms with Crippen LogP contribution in [-0.2, 0) is 17.8 Å². The van der Waals surface area contributed by atoms with E-state index < -0.39 is 0 Å². The van der Waals surface area contributed by atoms with E-state index in [2.05, 4.69) is 70.8 Å². The number of piperazine rings is 1. The Hall–Kier alpha value is -4.16. The summed E-state index contributed by atoms with van der Waals surface area (Å²) >= 11 is 0. The molecular weight excluding hydrogens is 514 g/mol. The van der Waals surface area contributed by atoms with Crippen molar-refractivity contribution >= 4 is 28.2 Å². The first kappa shape index (κ1) is 27.0. The van der Waals surface area contributed by atoms with Crippen LogP contribution in [0.5, 0.6) is 6.01 Å². The van der Waals surface area contributed by atoms with Crippen molar-refractivity contribution in [3.63, 3.8) is 0 Å². The monoisotopic (exact) mass is 550 g/mol. The molecule has 2 aromatic carbocycles. The summed E-state index contributed by atoms with van der Waals surface area (Å²) in [6.07, 6.45) is 3.48. The molecule has 0 unspecified atom stereocenters. The van der Waals surface area contributed by atoms with Gasteiger partial charge in [-0.2, -0.15) is 15.2 Å². The average Bonchev–Trinajstić information content (AvgIpc) is 3.43. The maximum Gasteiger partial charge on any atom is 0.318 e. The summed E-state index contributed by atoms with van der Waals surface area (Å²) in [7, 11) is 2.14. The Balaban J connectivity index is 1.32. The average molecular weight is 551 g/mol. The molecule has 2 fully saturated rings. The van der Waals surface area contributed by atoms with Gasteiger partial charge in [-0.3, -0.25) is 4.79 Å². The van der Waals surface area contributed by atoms with Crippen molar-refractivity contribution < 1.29 is 9.53 Å². The van der Waals surface area contributed by atoms with Crippen LogP contribution in [0.15, 0.2) is 49.1 Å². The summed E-state index contributed by atoms with van der Waals surface area (Å²) in [5.74, 6) is 1.19. The van der Waals surface area contributed by atoms with E-state index in [4.69, 9.17) is 14.7 Å². The zero-order valence-electron chi connectivity index (χ0n) is 23.6.